The van der Waals surface area contributed by atoms with Crippen molar-refractivity contribution in [2.75, 3.05) is 18.4 Å². The predicted octanol–water partition coefficient (Wildman–Crippen LogP) is 3.13. The van der Waals surface area contributed by atoms with Gasteiger partial charge in [0, 0.05) is 22.3 Å². The molecule has 29 heavy (non-hydrogen) atoms. The fourth-order valence-electron chi connectivity index (χ4n) is 3.97. The summed E-state index contributed by atoms with van der Waals surface area (Å²) in [6, 6.07) is 15.7. The third-order valence-electron chi connectivity index (χ3n) is 5.54. The second kappa shape index (κ2) is 6.93. The highest BCUT2D eigenvalue weighted by Crippen LogP contribution is 2.36. The van der Waals surface area contributed by atoms with Crippen molar-refractivity contribution in [3.63, 3.8) is 0 Å². The molecule has 4 N–H and O–H groups in total. The van der Waals surface area contributed by atoms with Crippen LogP contribution in [0.25, 0.3) is 22.6 Å². The van der Waals surface area contributed by atoms with Gasteiger partial charge in [0.25, 0.3) is 5.91 Å². The van der Waals surface area contributed by atoms with E-state index in [4.69, 9.17) is 0 Å². The Bertz CT molecular complexity index is 1170. The minimum atomic E-state index is -0.981. The van der Waals surface area contributed by atoms with Gasteiger partial charge in [-0.3, -0.25) is 4.79 Å². The van der Waals surface area contributed by atoms with Crippen molar-refractivity contribution in [1.82, 2.24) is 10.3 Å². The highest BCUT2D eigenvalue weighted by molar-refractivity contribution is 6.35. The number of aliphatic hydroxyl groups is 1. The molecular formula is C24H21N3O2. The van der Waals surface area contributed by atoms with Crippen LogP contribution in [0.2, 0.25) is 0 Å². The summed E-state index contributed by atoms with van der Waals surface area (Å²) in [5.41, 5.74) is 3.78. The SMILES string of the molecule is O=C1Nc2cccc(C#CC3(O)CCNCC3)c2/C1=C/c1cc2ccccc2[nH]1. The van der Waals surface area contributed by atoms with Crippen LogP contribution >= 0.6 is 0 Å². The Labute approximate surface area is 168 Å². The van der Waals surface area contributed by atoms with E-state index in [0.29, 0.717) is 18.4 Å². The molecule has 1 saturated heterocycles. The van der Waals surface area contributed by atoms with Crippen LogP contribution in [-0.2, 0) is 4.79 Å². The van der Waals surface area contributed by atoms with E-state index >= 15 is 0 Å². The third kappa shape index (κ3) is 3.33. The van der Waals surface area contributed by atoms with Gasteiger partial charge in [-0.05, 0) is 61.7 Å². The van der Waals surface area contributed by atoms with Crippen LogP contribution < -0.4 is 10.6 Å². The number of carbonyl (C=O) groups is 1. The van der Waals surface area contributed by atoms with Crippen molar-refractivity contribution in [2.24, 2.45) is 0 Å². The summed E-state index contributed by atoms with van der Waals surface area (Å²) in [7, 11) is 0. The molecule has 5 heteroatoms. The van der Waals surface area contributed by atoms with E-state index in [2.05, 4.69) is 27.5 Å². The Kier molecular flexibility index (Phi) is 4.24. The number of aromatic nitrogens is 1. The second-order valence-corrected chi connectivity index (χ2v) is 7.58. The number of piperidine rings is 1. The van der Waals surface area contributed by atoms with Crippen LogP contribution in [0.5, 0.6) is 0 Å². The molecular weight excluding hydrogens is 362 g/mol. The number of aromatic amines is 1. The Balaban J connectivity index is 1.57. The number of H-pyrrole nitrogens is 1. The van der Waals surface area contributed by atoms with Gasteiger partial charge in [-0.1, -0.05) is 36.1 Å². The van der Waals surface area contributed by atoms with Gasteiger partial charge in [0.2, 0.25) is 0 Å². The summed E-state index contributed by atoms with van der Waals surface area (Å²) >= 11 is 0. The summed E-state index contributed by atoms with van der Waals surface area (Å²) in [5.74, 6) is 6.06. The van der Waals surface area contributed by atoms with E-state index < -0.39 is 5.60 Å². The molecule has 0 saturated carbocycles. The molecule has 5 nitrogen and oxygen atoms in total. The molecule has 144 valence electrons. The monoisotopic (exact) mass is 383 g/mol. The minimum absolute atomic E-state index is 0.145. The first-order valence-electron chi connectivity index (χ1n) is 9.82. The number of hydrogen-bond acceptors (Lipinski definition) is 3. The van der Waals surface area contributed by atoms with Crippen molar-refractivity contribution in [2.45, 2.75) is 18.4 Å². The number of para-hydroxylation sites is 1. The maximum absolute atomic E-state index is 12.7. The highest BCUT2D eigenvalue weighted by atomic mass is 16.3. The molecule has 0 radical (unpaired) electrons. The standard InChI is InChI=1S/C24H21N3O2/c28-23-19(15-18-14-17-4-1-2-6-20(17)26-18)22-16(5-3-7-21(22)27-23)8-9-24(29)10-12-25-13-11-24/h1-7,14-15,25-26,29H,10-13H2,(H,27,28)/b19-15-. The molecule has 3 aromatic rings. The Hall–Kier alpha value is -3.33. The van der Waals surface area contributed by atoms with Gasteiger partial charge in [-0.2, -0.15) is 0 Å². The second-order valence-electron chi connectivity index (χ2n) is 7.58. The lowest BCUT2D eigenvalue weighted by Crippen LogP contribution is -2.40. The summed E-state index contributed by atoms with van der Waals surface area (Å²) in [5, 5.41) is 18.0. The number of carbonyl (C=O) groups excluding carboxylic acids is 1. The van der Waals surface area contributed by atoms with Gasteiger partial charge >= 0.3 is 0 Å². The zero-order chi connectivity index (χ0) is 19.8. The van der Waals surface area contributed by atoms with E-state index in [1.54, 1.807) is 0 Å². The lowest BCUT2D eigenvalue weighted by molar-refractivity contribution is -0.110. The Morgan fingerprint density at radius 1 is 1.07 bits per heavy atom. The topological polar surface area (TPSA) is 77.2 Å². The summed E-state index contributed by atoms with van der Waals surface area (Å²) in [6.07, 6.45) is 3.07. The summed E-state index contributed by atoms with van der Waals surface area (Å²) in [6.45, 7) is 1.51. The van der Waals surface area contributed by atoms with Crippen LogP contribution in [0.1, 0.15) is 29.7 Å². The number of anilines is 1. The van der Waals surface area contributed by atoms with Crippen LogP contribution in [0.4, 0.5) is 5.69 Å². The molecule has 1 amide bonds. The molecule has 0 bridgehead atoms. The zero-order valence-corrected chi connectivity index (χ0v) is 15.9. The average molecular weight is 383 g/mol. The van der Waals surface area contributed by atoms with Crippen LogP contribution in [0, 0.1) is 11.8 Å². The van der Waals surface area contributed by atoms with Gasteiger partial charge in [0.05, 0.1) is 11.3 Å². The number of benzene rings is 2. The van der Waals surface area contributed by atoms with Gasteiger partial charge in [-0.15, -0.1) is 0 Å². The van der Waals surface area contributed by atoms with Crippen LogP contribution in [0.3, 0.4) is 0 Å². The van der Waals surface area contributed by atoms with Crippen LogP contribution in [-0.4, -0.2) is 34.7 Å². The number of fused-ring (bicyclic) bond motifs is 2. The first-order valence-corrected chi connectivity index (χ1v) is 9.82. The molecule has 3 heterocycles. The van der Waals surface area contributed by atoms with Crippen molar-refractivity contribution < 1.29 is 9.90 Å². The largest absolute Gasteiger partial charge is 0.377 e. The Morgan fingerprint density at radius 2 is 1.90 bits per heavy atom. The van der Waals surface area contributed by atoms with Crippen molar-refractivity contribution in [1.29, 1.82) is 0 Å². The molecule has 2 aliphatic rings. The van der Waals surface area contributed by atoms with E-state index in [9.17, 15) is 9.90 Å². The van der Waals surface area contributed by atoms with Crippen molar-refractivity contribution in [3.05, 3.63) is 65.4 Å². The molecule has 2 aliphatic heterocycles. The van der Waals surface area contributed by atoms with E-state index in [1.165, 1.54) is 0 Å². The fourth-order valence-corrected chi connectivity index (χ4v) is 3.97. The first kappa shape index (κ1) is 17.7. The number of hydrogen-bond donors (Lipinski definition) is 4. The fraction of sp³-hybridized carbons (Fsp3) is 0.208. The van der Waals surface area contributed by atoms with Gasteiger partial charge in [0.1, 0.15) is 5.60 Å². The molecule has 2 aromatic carbocycles. The van der Waals surface area contributed by atoms with Crippen LogP contribution in [0.15, 0.2) is 48.5 Å². The predicted molar refractivity (Wildman–Crippen MR) is 115 cm³/mol. The first-order chi connectivity index (χ1) is 14.1. The molecule has 0 spiro atoms. The number of rotatable bonds is 1. The molecule has 0 unspecified atom stereocenters. The molecule has 1 aromatic heterocycles. The lowest BCUT2D eigenvalue weighted by atomic mass is 9.92. The van der Waals surface area contributed by atoms with Crippen molar-refractivity contribution in [3.8, 4) is 11.8 Å². The smallest absolute Gasteiger partial charge is 0.256 e. The molecule has 0 atom stereocenters. The number of amides is 1. The summed E-state index contributed by atoms with van der Waals surface area (Å²) in [4.78, 5) is 16.0. The van der Waals surface area contributed by atoms with Gasteiger partial charge in [0.15, 0.2) is 0 Å². The highest BCUT2D eigenvalue weighted by Gasteiger charge is 2.28. The van der Waals surface area contributed by atoms with Gasteiger partial charge < -0.3 is 20.7 Å². The third-order valence-corrected chi connectivity index (χ3v) is 5.54. The maximum Gasteiger partial charge on any atom is 0.256 e. The van der Waals surface area contributed by atoms with Gasteiger partial charge in [-0.25, -0.2) is 0 Å². The normalized spacial score (nSPS) is 18.9. The zero-order valence-electron chi connectivity index (χ0n) is 15.9. The minimum Gasteiger partial charge on any atom is -0.377 e. The Morgan fingerprint density at radius 3 is 2.72 bits per heavy atom. The maximum atomic E-state index is 12.7. The number of nitrogens with one attached hydrogen (secondary N) is 3. The van der Waals surface area contributed by atoms with Crippen molar-refractivity contribution >= 4 is 34.1 Å². The van der Waals surface area contributed by atoms with E-state index in [0.717, 1.165) is 46.5 Å². The lowest BCUT2D eigenvalue weighted by Gasteiger charge is -2.27. The molecule has 0 aliphatic carbocycles. The average Bonchev–Trinajstić information content (AvgIpc) is 3.28. The van der Waals surface area contributed by atoms with E-state index in [-0.39, 0.29) is 5.91 Å². The van der Waals surface area contributed by atoms with E-state index in [1.807, 2.05) is 54.6 Å². The summed E-state index contributed by atoms with van der Waals surface area (Å²) < 4.78 is 0. The quantitative estimate of drug-likeness (QED) is 0.385. The molecule has 1 fully saturated rings. The molecule has 5 rings (SSSR count).